The highest BCUT2D eigenvalue weighted by molar-refractivity contribution is 5.83. The van der Waals surface area contributed by atoms with Gasteiger partial charge in [0.2, 0.25) is 0 Å². The number of carbonyl (C=O) groups excluding carboxylic acids is 1. The summed E-state index contributed by atoms with van der Waals surface area (Å²) in [5, 5.41) is 43.2. The third-order valence-electron chi connectivity index (χ3n) is 10.9. The second-order valence-electron chi connectivity index (χ2n) is 13.1. The molecule has 0 spiro atoms. The SMILES string of the molecule is CC(C)CC[C@@H](O)[C@](C)(O)[C@H]1CC[C@H]2[C@H]3CC(=O)[C@@H]4C[C@@H](O)[C@@H](O)C[C@]4(C)[C@H]3CC[C@]12C. The molecule has 4 fully saturated rings. The Bertz CT molecular complexity index is 719. The van der Waals surface area contributed by atoms with Crippen molar-refractivity contribution in [3.05, 3.63) is 0 Å². The molecule has 5 heteroatoms. The predicted molar refractivity (Wildman–Crippen MR) is 124 cm³/mol. The molecular weight excluding hydrogens is 404 g/mol. The maximum Gasteiger partial charge on any atom is 0.136 e. The van der Waals surface area contributed by atoms with Crippen molar-refractivity contribution >= 4 is 5.78 Å². The fourth-order valence-electron chi connectivity index (χ4n) is 9.05. The summed E-state index contributed by atoms with van der Waals surface area (Å²) in [6.07, 6.45) is 4.59. The van der Waals surface area contributed by atoms with Crippen LogP contribution in [0.25, 0.3) is 0 Å². The zero-order valence-corrected chi connectivity index (χ0v) is 20.8. The highest BCUT2D eigenvalue weighted by atomic mass is 16.3. The largest absolute Gasteiger partial charge is 0.390 e. The Morgan fingerprint density at radius 3 is 2.34 bits per heavy atom. The fourth-order valence-corrected chi connectivity index (χ4v) is 9.05. The minimum absolute atomic E-state index is 0.0301. The normalized spacial score (nSPS) is 49.2. The zero-order valence-electron chi connectivity index (χ0n) is 20.8. The van der Waals surface area contributed by atoms with Crippen LogP contribution in [0, 0.1) is 46.3 Å². The quantitative estimate of drug-likeness (QED) is 0.512. The van der Waals surface area contributed by atoms with E-state index < -0.39 is 23.9 Å². The zero-order chi connectivity index (χ0) is 23.6. The van der Waals surface area contributed by atoms with Crippen LogP contribution in [-0.2, 0) is 4.79 Å². The topological polar surface area (TPSA) is 98.0 Å². The van der Waals surface area contributed by atoms with Gasteiger partial charge in [-0.25, -0.2) is 0 Å². The Morgan fingerprint density at radius 2 is 1.69 bits per heavy atom. The maximum atomic E-state index is 13.3. The number of aliphatic hydroxyl groups is 4. The third-order valence-corrected chi connectivity index (χ3v) is 10.9. The minimum atomic E-state index is -1.12. The van der Waals surface area contributed by atoms with Crippen molar-refractivity contribution in [1.29, 1.82) is 0 Å². The number of Topliss-reactive ketones (excluding diaryl/α,β-unsaturated/α-hetero) is 1. The molecule has 0 unspecified atom stereocenters. The molecule has 0 aromatic heterocycles. The van der Waals surface area contributed by atoms with Crippen LogP contribution in [0.1, 0.15) is 92.4 Å². The summed E-state index contributed by atoms with van der Waals surface area (Å²) >= 11 is 0. The molecule has 0 saturated heterocycles. The van der Waals surface area contributed by atoms with Crippen LogP contribution >= 0.6 is 0 Å². The molecule has 0 radical (unpaired) electrons. The Balaban J connectivity index is 1.58. The highest BCUT2D eigenvalue weighted by Crippen LogP contribution is 2.68. The van der Waals surface area contributed by atoms with Gasteiger partial charge in [0.05, 0.1) is 23.9 Å². The fraction of sp³-hybridized carbons (Fsp3) is 0.963. The van der Waals surface area contributed by atoms with Gasteiger partial charge in [-0.3, -0.25) is 4.79 Å². The van der Waals surface area contributed by atoms with Gasteiger partial charge in [0, 0.05) is 12.3 Å². The van der Waals surface area contributed by atoms with E-state index in [4.69, 9.17) is 0 Å². The molecule has 0 bridgehead atoms. The van der Waals surface area contributed by atoms with E-state index in [2.05, 4.69) is 27.7 Å². The number of rotatable bonds is 5. The van der Waals surface area contributed by atoms with Crippen molar-refractivity contribution in [2.24, 2.45) is 46.3 Å². The van der Waals surface area contributed by atoms with Gasteiger partial charge in [0.25, 0.3) is 0 Å². The summed E-state index contributed by atoms with van der Waals surface area (Å²) in [6.45, 7) is 10.6. The smallest absolute Gasteiger partial charge is 0.136 e. The number of hydrogen-bond donors (Lipinski definition) is 4. The Hall–Kier alpha value is -0.490. The first-order chi connectivity index (χ1) is 14.8. The highest BCUT2D eigenvalue weighted by Gasteiger charge is 2.65. The van der Waals surface area contributed by atoms with Crippen LogP contribution in [-0.4, -0.2) is 50.1 Å². The number of fused-ring (bicyclic) bond motifs is 5. The van der Waals surface area contributed by atoms with E-state index in [-0.39, 0.29) is 34.4 Å². The molecule has 0 amide bonds. The molecule has 32 heavy (non-hydrogen) atoms. The van der Waals surface area contributed by atoms with E-state index in [1.54, 1.807) is 0 Å². The molecular formula is C27H46O5. The predicted octanol–water partition coefficient (Wildman–Crippen LogP) is 3.70. The summed E-state index contributed by atoms with van der Waals surface area (Å²) in [5.74, 6) is 1.65. The molecule has 184 valence electrons. The molecule has 11 atom stereocenters. The van der Waals surface area contributed by atoms with E-state index >= 15 is 0 Å². The van der Waals surface area contributed by atoms with E-state index in [1.807, 2.05) is 6.92 Å². The average Bonchev–Trinajstić information content (AvgIpc) is 3.06. The van der Waals surface area contributed by atoms with Crippen LogP contribution in [0.3, 0.4) is 0 Å². The van der Waals surface area contributed by atoms with Crippen molar-refractivity contribution < 1.29 is 25.2 Å². The molecule has 4 rings (SSSR count). The van der Waals surface area contributed by atoms with E-state index in [0.717, 1.165) is 32.1 Å². The monoisotopic (exact) mass is 450 g/mol. The van der Waals surface area contributed by atoms with E-state index in [1.165, 1.54) is 0 Å². The van der Waals surface area contributed by atoms with Crippen LogP contribution in [0.2, 0.25) is 0 Å². The summed E-state index contributed by atoms with van der Waals surface area (Å²) < 4.78 is 0. The summed E-state index contributed by atoms with van der Waals surface area (Å²) in [4.78, 5) is 13.3. The number of aliphatic hydroxyl groups excluding tert-OH is 3. The lowest BCUT2D eigenvalue weighted by atomic mass is 9.43. The van der Waals surface area contributed by atoms with Crippen LogP contribution in [0.4, 0.5) is 0 Å². The van der Waals surface area contributed by atoms with Crippen molar-refractivity contribution in [1.82, 2.24) is 0 Å². The van der Waals surface area contributed by atoms with Gasteiger partial charge in [0.15, 0.2) is 0 Å². The van der Waals surface area contributed by atoms with Gasteiger partial charge in [0.1, 0.15) is 5.78 Å². The van der Waals surface area contributed by atoms with Crippen molar-refractivity contribution in [2.45, 2.75) is 116 Å². The molecule has 4 aliphatic rings. The van der Waals surface area contributed by atoms with Gasteiger partial charge in [-0.15, -0.1) is 0 Å². The first kappa shape index (κ1) is 24.6. The molecule has 0 aromatic rings. The van der Waals surface area contributed by atoms with Crippen LogP contribution in [0.15, 0.2) is 0 Å². The van der Waals surface area contributed by atoms with Gasteiger partial charge in [-0.1, -0.05) is 27.7 Å². The summed E-state index contributed by atoms with van der Waals surface area (Å²) in [5.41, 5.74) is -1.46. The van der Waals surface area contributed by atoms with Crippen LogP contribution in [0.5, 0.6) is 0 Å². The summed E-state index contributed by atoms with van der Waals surface area (Å²) in [7, 11) is 0. The first-order valence-corrected chi connectivity index (χ1v) is 13.1. The van der Waals surface area contributed by atoms with E-state index in [9.17, 15) is 25.2 Å². The molecule has 4 saturated carbocycles. The lowest BCUT2D eigenvalue weighted by Crippen LogP contribution is -2.60. The second-order valence-corrected chi connectivity index (χ2v) is 13.1. The number of ketones is 1. The molecule has 0 heterocycles. The molecule has 0 aliphatic heterocycles. The molecule has 4 N–H and O–H groups in total. The average molecular weight is 451 g/mol. The van der Waals surface area contributed by atoms with Crippen molar-refractivity contribution in [3.8, 4) is 0 Å². The first-order valence-electron chi connectivity index (χ1n) is 13.1. The van der Waals surface area contributed by atoms with Gasteiger partial charge >= 0.3 is 0 Å². The standard InChI is InChI=1S/C27H46O5/c1-15(2)6-9-24(31)27(5,32)23-8-7-17-16-12-20(28)19-13-21(29)22(30)14-26(19,4)18(16)10-11-25(17,23)3/h15-19,21-24,29-32H,6-14H2,1-5H3/t16-,17+,18+,19+,21-,22+,23+,24-,25+,26-,27-/m1/s1. The van der Waals surface area contributed by atoms with E-state index in [0.29, 0.717) is 43.4 Å². The van der Waals surface area contributed by atoms with Crippen molar-refractivity contribution in [3.63, 3.8) is 0 Å². The Kier molecular flexibility index (Phi) is 6.40. The van der Waals surface area contributed by atoms with Gasteiger partial charge < -0.3 is 20.4 Å². The lowest BCUT2D eigenvalue weighted by Gasteiger charge is -2.61. The maximum absolute atomic E-state index is 13.3. The summed E-state index contributed by atoms with van der Waals surface area (Å²) in [6, 6.07) is 0. The molecule has 0 aromatic carbocycles. The number of hydrogen-bond acceptors (Lipinski definition) is 5. The molecule has 5 nitrogen and oxygen atoms in total. The second kappa shape index (κ2) is 8.32. The Labute approximate surface area is 194 Å². The third kappa shape index (κ3) is 3.70. The Morgan fingerprint density at radius 1 is 1.03 bits per heavy atom. The van der Waals surface area contributed by atoms with Gasteiger partial charge in [-0.05, 0) is 98.7 Å². The number of carbonyl (C=O) groups is 1. The van der Waals surface area contributed by atoms with Gasteiger partial charge in [-0.2, -0.15) is 0 Å². The lowest BCUT2D eigenvalue weighted by molar-refractivity contribution is -0.183. The van der Waals surface area contributed by atoms with Crippen LogP contribution < -0.4 is 0 Å². The minimum Gasteiger partial charge on any atom is -0.390 e. The molecule has 4 aliphatic carbocycles. The van der Waals surface area contributed by atoms with Crippen molar-refractivity contribution in [2.75, 3.05) is 0 Å².